The molecule has 0 spiro atoms. The number of rotatable bonds is 4. The average Bonchev–Trinajstić information content (AvgIpc) is 2.79. The van der Waals surface area contributed by atoms with Gasteiger partial charge in [-0.05, 0) is 6.92 Å². The van der Waals surface area contributed by atoms with Gasteiger partial charge in [0.05, 0.1) is 25.0 Å². The number of nitrogens with one attached hydrogen (secondary N) is 1. The highest BCUT2D eigenvalue weighted by atomic mass is 16.5. The molecule has 1 N–H and O–H groups in total. The molecule has 98 valence electrons. The third-order valence-electron chi connectivity index (χ3n) is 2.77. The van der Waals surface area contributed by atoms with E-state index in [4.69, 9.17) is 4.74 Å². The Bertz CT molecular complexity index is 457. The fourth-order valence-electron chi connectivity index (χ4n) is 1.82. The maximum Gasteiger partial charge on any atom is 0.249 e. The minimum atomic E-state index is -0.492. The lowest BCUT2D eigenvalue weighted by Gasteiger charge is -2.29. The van der Waals surface area contributed by atoms with Gasteiger partial charge in [0.25, 0.3) is 0 Å². The zero-order chi connectivity index (χ0) is 13.1. The van der Waals surface area contributed by atoms with E-state index in [0.29, 0.717) is 18.8 Å². The van der Waals surface area contributed by atoms with Crippen LogP contribution in [-0.2, 0) is 20.9 Å². The van der Waals surface area contributed by atoms with Crippen LogP contribution in [0.3, 0.4) is 0 Å². The molecule has 0 bridgehead atoms. The lowest BCUT2D eigenvalue weighted by molar-refractivity contribution is -0.130. The number of hydrogen-bond acceptors (Lipinski definition) is 4. The van der Waals surface area contributed by atoms with Crippen molar-refractivity contribution in [3.63, 3.8) is 0 Å². The molecule has 7 heteroatoms. The number of hydrogen-bond donors (Lipinski definition) is 1. The third-order valence-corrected chi connectivity index (χ3v) is 2.77. The normalized spacial score (nSPS) is 20.1. The second-order valence-electron chi connectivity index (χ2n) is 4.17. The number of carbonyl (C=O) groups excluding carboxylic acids is 2. The molecule has 2 amide bonds. The van der Waals surface area contributed by atoms with Crippen LogP contribution in [-0.4, -0.2) is 47.9 Å². The minimum Gasteiger partial charge on any atom is -0.383 e. The molecule has 1 aromatic heterocycles. The van der Waals surface area contributed by atoms with Crippen molar-refractivity contribution >= 4 is 17.5 Å². The number of aromatic nitrogens is 2. The summed E-state index contributed by atoms with van der Waals surface area (Å²) in [4.78, 5) is 24.8. The summed E-state index contributed by atoms with van der Waals surface area (Å²) in [6.45, 7) is 2.87. The maximum atomic E-state index is 11.9. The number of amides is 2. The fourth-order valence-corrected chi connectivity index (χ4v) is 1.82. The molecule has 1 atom stereocenters. The van der Waals surface area contributed by atoms with Gasteiger partial charge in [-0.25, -0.2) is 0 Å². The van der Waals surface area contributed by atoms with Crippen LogP contribution >= 0.6 is 0 Å². The predicted molar refractivity (Wildman–Crippen MR) is 64.1 cm³/mol. The van der Waals surface area contributed by atoms with Crippen LogP contribution in [0.2, 0.25) is 0 Å². The molecular formula is C11H16N4O3. The van der Waals surface area contributed by atoms with E-state index in [9.17, 15) is 9.59 Å². The smallest absolute Gasteiger partial charge is 0.249 e. The molecule has 2 heterocycles. The van der Waals surface area contributed by atoms with Gasteiger partial charge in [-0.15, -0.1) is 0 Å². The summed E-state index contributed by atoms with van der Waals surface area (Å²) in [5.74, 6) is -0.285. The van der Waals surface area contributed by atoms with E-state index in [2.05, 4.69) is 10.4 Å². The van der Waals surface area contributed by atoms with E-state index in [-0.39, 0.29) is 18.4 Å². The molecule has 2 rings (SSSR count). The molecule has 0 aliphatic carbocycles. The van der Waals surface area contributed by atoms with Crippen molar-refractivity contribution in [3.05, 3.63) is 12.4 Å². The molecule has 18 heavy (non-hydrogen) atoms. The molecular weight excluding hydrogens is 236 g/mol. The highest BCUT2D eigenvalue weighted by Crippen LogP contribution is 2.16. The standard InChI is InChI=1S/C11H16N4O3/c1-8-11(17)15(7-10(16)13-8)9-5-12-14(6-9)3-4-18-2/h5-6,8H,3-4,7H2,1-2H3,(H,13,16). The van der Waals surface area contributed by atoms with Crippen LogP contribution in [0.4, 0.5) is 5.69 Å². The first kappa shape index (κ1) is 12.6. The summed E-state index contributed by atoms with van der Waals surface area (Å²) >= 11 is 0. The highest BCUT2D eigenvalue weighted by molar-refractivity contribution is 6.06. The number of methoxy groups -OCH3 is 1. The molecule has 0 aromatic carbocycles. The maximum absolute atomic E-state index is 11.9. The Balaban J connectivity index is 2.12. The molecule has 1 aliphatic heterocycles. The van der Waals surface area contributed by atoms with Gasteiger partial charge < -0.3 is 10.1 Å². The van der Waals surface area contributed by atoms with Crippen molar-refractivity contribution in [3.8, 4) is 0 Å². The van der Waals surface area contributed by atoms with Gasteiger partial charge in [0.15, 0.2) is 0 Å². The van der Waals surface area contributed by atoms with Crippen LogP contribution in [0.5, 0.6) is 0 Å². The summed E-state index contributed by atoms with van der Waals surface area (Å²) in [7, 11) is 1.62. The molecule has 1 saturated heterocycles. The summed E-state index contributed by atoms with van der Waals surface area (Å²) in [5.41, 5.74) is 0.637. The van der Waals surface area contributed by atoms with Crippen molar-refractivity contribution < 1.29 is 14.3 Å². The average molecular weight is 252 g/mol. The highest BCUT2D eigenvalue weighted by Gasteiger charge is 2.31. The third kappa shape index (κ3) is 2.51. The Morgan fingerprint density at radius 1 is 1.56 bits per heavy atom. The van der Waals surface area contributed by atoms with Crippen molar-refractivity contribution in [1.82, 2.24) is 15.1 Å². The zero-order valence-electron chi connectivity index (χ0n) is 10.4. The zero-order valence-corrected chi connectivity index (χ0v) is 10.4. The van der Waals surface area contributed by atoms with Gasteiger partial charge in [-0.1, -0.05) is 0 Å². The first-order chi connectivity index (χ1) is 8.61. The molecule has 1 aromatic rings. The van der Waals surface area contributed by atoms with E-state index in [0.717, 1.165) is 0 Å². The predicted octanol–water partition coefficient (Wildman–Crippen LogP) is -0.619. The van der Waals surface area contributed by atoms with Crippen molar-refractivity contribution in [2.24, 2.45) is 0 Å². The Hall–Kier alpha value is -1.89. The van der Waals surface area contributed by atoms with Crippen LogP contribution in [0.1, 0.15) is 6.92 Å². The Kier molecular flexibility index (Phi) is 3.61. The number of nitrogens with zero attached hydrogens (tertiary/aromatic N) is 3. The summed E-state index contributed by atoms with van der Waals surface area (Å²) in [6.07, 6.45) is 3.32. The summed E-state index contributed by atoms with van der Waals surface area (Å²) in [5, 5.41) is 6.72. The SMILES string of the molecule is COCCn1cc(N2CC(=O)NC(C)C2=O)cn1. The Morgan fingerprint density at radius 3 is 3.06 bits per heavy atom. The number of ether oxygens (including phenoxy) is 1. The fraction of sp³-hybridized carbons (Fsp3) is 0.545. The summed E-state index contributed by atoms with van der Waals surface area (Å²) in [6, 6.07) is -0.492. The van der Waals surface area contributed by atoms with E-state index >= 15 is 0 Å². The quantitative estimate of drug-likeness (QED) is 0.775. The first-order valence-electron chi connectivity index (χ1n) is 5.74. The minimum absolute atomic E-state index is 0.0408. The monoisotopic (exact) mass is 252 g/mol. The van der Waals surface area contributed by atoms with Gasteiger partial charge in [0.2, 0.25) is 11.8 Å². The van der Waals surface area contributed by atoms with Crippen LogP contribution in [0, 0.1) is 0 Å². The van der Waals surface area contributed by atoms with Crippen LogP contribution in [0.15, 0.2) is 12.4 Å². The second kappa shape index (κ2) is 5.18. The van der Waals surface area contributed by atoms with Crippen LogP contribution in [0.25, 0.3) is 0 Å². The first-order valence-corrected chi connectivity index (χ1v) is 5.74. The van der Waals surface area contributed by atoms with Crippen molar-refractivity contribution in [1.29, 1.82) is 0 Å². The molecule has 7 nitrogen and oxygen atoms in total. The second-order valence-corrected chi connectivity index (χ2v) is 4.17. The summed E-state index contributed by atoms with van der Waals surface area (Å²) < 4.78 is 6.63. The van der Waals surface area contributed by atoms with Crippen molar-refractivity contribution in [2.45, 2.75) is 19.5 Å². The molecule has 0 radical (unpaired) electrons. The van der Waals surface area contributed by atoms with E-state index in [1.807, 2.05) is 0 Å². The Morgan fingerprint density at radius 2 is 2.33 bits per heavy atom. The van der Waals surface area contributed by atoms with E-state index in [1.54, 1.807) is 31.1 Å². The lowest BCUT2D eigenvalue weighted by atomic mass is 10.2. The topological polar surface area (TPSA) is 76.5 Å². The molecule has 1 aliphatic rings. The van der Waals surface area contributed by atoms with E-state index < -0.39 is 6.04 Å². The molecule has 1 unspecified atom stereocenters. The van der Waals surface area contributed by atoms with E-state index in [1.165, 1.54) is 4.90 Å². The van der Waals surface area contributed by atoms with Gasteiger partial charge in [0, 0.05) is 13.3 Å². The largest absolute Gasteiger partial charge is 0.383 e. The Labute approximate surface area is 105 Å². The number of carbonyl (C=O) groups is 2. The lowest BCUT2D eigenvalue weighted by Crippen LogP contribution is -2.57. The van der Waals surface area contributed by atoms with Gasteiger partial charge in [0.1, 0.15) is 12.6 Å². The van der Waals surface area contributed by atoms with Gasteiger partial charge >= 0.3 is 0 Å². The van der Waals surface area contributed by atoms with Gasteiger partial charge in [-0.3, -0.25) is 19.2 Å². The van der Waals surface area contributed by atoms with Gasteiger partial charge in [-0.2, -0.15) is 5.10 Å². The number of piperazine rings is 1. The number of anilines is 1. The van der Waals surface area contributed by atoms with Crippen LogP contribution < -0.4 is 10.2 Å². The van der Waals surface area contributed by atoms with Crippen molar-refractivity contribution in [2.75, 3.05) is 25.2 Å². The molecule has 1 fully saturated rings. The molecule has 0 saturated carbocycles.